The summed E-state index contributed by atoms with van der Waals surface area (Å²) >= 11 is 0. The summed E-state index contributed by atoms with van der Waals surface area (Å²) in [6.07, 6.45) is 1.26. The lowest BCUT2D eigenvalue weighted by atomic mass is 10.4. The number of hydrogen-bond acceptors (Lipinski definition) is 5. The summed E-state index contributed by atoms with van der Waals surface area (Å²) < 4.78 is 22.3. The average molecular weight is 278 g/mol. The van der Waals surface area contributed by atoms with Gasteiger partial charge in [-0.1, -0.05) is 0 Å². The highest BCUT2D eigenvalue weighted by molar-refractivity contribution is 7.51. The van der Waals surface area contributed by atoms with Crippen LogP contribution in [0.5, 0.6) is 0 Å². The van der Waals surface area contributed by atoms with Crippen LogP contribution < -0.4 is 0 Å². The molecule has 2 unspecified atom stereocenters. The summed E-state index contributed by atoms with van der Waals surface area (Å²) in [7, 11) is -1.10. The average Bonchev–Trinajstić information content (AvgIpc) is 2.69. The first-order valence-corrected chi connectivity index (χ1v) is 8.00. The van der Waals surface area contributed by atoms with E-state index in [0.29, 0.717) is 25.5 Å². The SMILES string of the molecule is CC1(C)OCC(CP(O)CC2COC(C)(C)O2)O1. The maximum Gasteiger partial charge on any atom is 0.163 e. The van der Waals surface area contributed by atoms with Gasteiger partial charge in [0.25, 0.3) is 0 Å². The van der Waals surface area contributed by atoms with Crippen molar-refractivity contribution >= 4 is 8.15 Å². The molecule has 0 saturated carbocycles. The van der Waals surface area contributed by atoms with Gasteiger partial charge in [0, 0.05) is 20.5 Å². The monoisotopic (exact) mass is 278 g/mol. The molecule has 2 saturated heterocycles. The molecular formula is C12H23O5P. The second kappa shape index (κ2) is 5.31. The Morgan fingerprint density at radius 2 is 1.33 bits per heavy atom. The van der Waals surface area contributed by atoms with Crippen LogP contribution in [0.1, 0.15) is 27.7 Å². The first kappa shape index (κ1) is 14.6. The largest absolute Gasteiger partial charge is 0.374 e. The topological polar surface area (TPSA) is 57.2 Å². The molecule has 2 fully saturated rings. The third kappa shape index (κ3) is 4.12. The third-order valence-corrected chi connectivity index (χ3v) is 4.62. The zero-order valence-electron chi connectivity index (χ0n) is 11.5. The molecule has 0 bridgehead atoms. The lowest BCUT2D eigenvalue weighted by Gasteiger charge is -2.21. The van der Waals surface area contributed by atoms with E-state index in [1.54, 1.807) is 0 Å². The van der Waals surface area contributed by atoms with E-state index >= 15 is 0 Å². The van der Waals surface area contributed by atoms with Crippen molar-refractivity contribution < 1.29 is 23.8 Å². The van der Waals surface area contributed by atoms with Gasteiger partial charge < -0.3 is 23.8 Å². The molecule has 0 aromatic heterocycles. The number of rotatable bonds is 4. The van der Waals surface area contributed by atoms with E-state index in [9.17, 15) is 4.89 Å². The van der Waals surface area contributed by atoms with E-state index in [2.05, 4.69) is 0 Å². The zero-order valence-corrected chi connectivity index (χ0v) is 12.4. The Balaban J connectivity index is 1.71. The van der Waals surface area contributed by atoms with Gasteiger partial charge >= 0.3 is 0 Å². The molecule has 0 spiro atoms. The minimum atomic E-state index is -1.10. The highest BCUT2D eigenvalue weighted by Gasteiger charge is 2.37. The van der Waals surface area contributed by atoms with Gasteiger partial charge in [0.05, 0.1) is 25.4 Å². The van der Waals surface area contributed by atoms with Crippen LogP contribution in [0.4, 0.5) is 0 Å². The molecule has 106 valence electrons. The number of hydrogen-bond donors (Lipinski definition) is 1. The van der Waals surface area contributed by atoms with Gasteiger partial charge in [-0.3, -0.25) is 0 Å². The summed E-state index contributed by atoms with van der Waals surface area (Å²) in [6.45, 7) is 8.68. The van der Waals surface area contributed by atoms with Gasteiger partial charge in [-0.2, -0.15) is 0 Å². The highest BCUT2D eigenvalue weighted by atomic mass is 31.1. The summed E-state index contributed by atoms with van der Waals surface area (Å²) in [4.78, 5) is 10.1. The minimum Gasteiger partial charge on any atom is -0.374 e. The molecule has 6 heteroatoms. The second-order valence-corrected chi connectivity index (χ2v) is 7.52. The van der Waals surface area contributed by atoms with E-state index in [-0.39, 0.29) is 12.2 Å². The quantitative estimate of drug-likeness (QED) is 0.793. The van der Waals surface area contributed by atoms with Crippen molar-refractivity contribution in [2.24, 2.45) is 0 Å². The van der Waals surface area contributed by atoms with Crippen LogP contribution in [0.2, 0.25) is 0 Å². The Kier molecular flexibility index (Phi) is 4.32. The fourth-order valence-corrected chi connectivity index (χ4v) is 3.70. The maximum atomic E-state index is 10.1. The van der Waals surface area contributed by atoms with Crippen molar-refractivity contribution in [1.82, 2.24) is 0 Å². The Morgan fingerprint density at radius 1 is 0.944 bits per heavy atom. The van der Waals surface area contributed by atoms with Crippen molar-refractivity contribution in [3.63, 3.8) is 0 Å². The third-order valence-electron chi connectivity index (χ3n) is 2.96. The van der Waals surface area contributed by atoms with Crippen LogP contribution >= 0.6 is 8.15 Å². The van der Waals surface area contributed by atoms with Crippen molar-refractivity contribution in [1.29, 1.82) is 0 Å². The molecule has 0 amide bonds. The van der Waals surface area contributed by atoms with Crippen molar-refractivity contribution in [2.75, 3.05) is 25.5 Å². The molecule has 2 aliphatic heterocycles. The van der Waals surface area contributed by atoms with Gasteiger partial charge in [-0.25, -0.2) is 0 Å². The highest BCUT2D eigenvalue weighted by Crippen LogP contribution is 2.38. The van der Waals surface area contributed by atoms with Gasteiger partial charge in [-0.05, 0) is 27.7 Å². The number of ether oxygens (including phenoxy) is 4. The standard InChI is InChI=1S/C12H23O5P/c1-11(2)14-5-9(16-11)7-18(13)8-10-6-15-12(3,4)17-10/h9-10,13H,5-8H2,1-4H3. The molecule has 2 atom stereocenters. The predicted octanol–water partition coefficient (Wildman–Crippen LogP) is 1.68. The summed E-state index contributed by atoms with van der Waals surface area (Å²) in [5.74, 6) is -1.04. The van der Waals surface area contributed by atoms with Crippen molar-refractivity contribution in [3.8, 4) is 0 Å². The van der Waals surface area contributed by atoms with E-state index < -0.39 is 19.7 Å². The molecule has 5 nitrogen and oxygen atoms in total. The van der Waals surface area contributed by atoms with E-state index in [1.807, 2.05) is 27.7 Å². The summed E-state index contributed by atoms with van der Waals surface area (Å²) in [5, 5.41) is 0. The fraction of sp³-hybridized carbons (Fsp3) is 1.00. The van der Waals surface area contributed by atoms with Crippen LogP contribution in [0.15, 0.2) is 0 Å². The minimum absolute atomic E-state index is 0.00792. The second-order valence-electron chi connectivity index (χ2n) is 5.77. The molecule has 0 aromatic carbocycles. The van der Waals surface area contributed by atoms with Crippen LogP contribution in [0.3, 0.4) is 0 Å². The molecule has 0 aromatic rings. The van der Waals surface area contributed by atoms with Crippen LogP contribution in [0.25, 0.3) is 0 Å². The smallest absolute Gasteiger partial charge is 0.163 e. The predicted molar refractivity (Wildman–Crippen MR) is 68.7 cm³/mol. The normalized spacial score (nSPS) is 35.8. The molecule has 2 heterocycles. The Labute approximate surface area is 110 Å². The Bertz CT molecular complexity index is 266. The Morgan fingerprint density at radius 3 is 1.61 bits per heavy atom. The van der Waals surface area contributed by atoms with Gasteiger partial charge in [0.15, 0.2) is 11.6 Å². The van der Waals surface area contributed by atoms with Gasteiger partial charge in [0.1, 0.15) is 0 Å². The van der Waals surface area contributed by atoms with E-state index in [1.165, 1.54) is 0 Å². The zero-order chi connectivity index (χ0) is 13.4. The first-order chi connectivity index (χ1) is 8.26. The lowest BCUT2D eigenvalue weighted by Crippen LogP contribution is -2.25. The Hall–Kier alpha value is 0.230. The molecule has 0 aliphatic carbocycles. The molecule has 1 N–H and O–H groups in total. The van der Waals surface area contributed by atoms with Crippen molar-refractivity contribution in [3.05, 3.63) is 0 Å². The maximum absolute atomic E-state index is 10.1. The first-order valence-electron chi connectivity index (χ1n) is 6.33. The van der Waals surface area contributed by atoms with Gasteiger partial charge in [-0.15, -0.1) is 0 Å². The fourth-order valence-electron chi connectivity index (χ4n) is 2.25. The van der Waals surface area contributed by atoms with E-state index in [0.717, 1.165) is 0 Å². The summed E-state index contributed by atoms with van der Waals surface area (Å²) in [5.41, 5.74) is 0. The molecular weight excluding hydrogens is 255 g/mol. The molecule has 2 rings (SSSR count). The van der Waals surface area contributed by atoms with E-state index in [4.69, 9.17) is 18.9 Å². The lowest BCUT2D eigenvalue weighted by molar-refractivity contribution is -0.136. The summed E-state index contributed by atoms with van der Waals surface area (Å²) in [6, 6.07) is 0. The van der Waals surface area contributed by atoms with Crippen LogP contribution in [-0.4, -0.2) is 54.2 Å². The van der Waals surface area contributed by atoms with Crippen LogP contribution in [0, 0.1) is 0 Å². The molecule has 0 radical (unpaired) electrons. The molecule has 2 aliphatic rings. The van der Waals surface area contributed by atoms with Gasteiger partial charge in [0.2, 0.25) is 0 Å². The molecule has 18 heavy (non-hydrogen) atoms. The van der Waals surface area contributed by atoms with Crippen LogP contribution in [-0.2, 0) is 18.9 Å². The van der Waals surface area contributed by atoms with Crippen molar-refractivity contribution in [2.45, 2.75) is 51.5 Å².